The molecule has 2 rings (SSSR count). The second-order valence-corrected chi connectivity index (χ2v) is 4.82. The summed E-state index contributed by atoms with van der Waals surface area (Å²) in [7, 11) is 0. The van der Waals surface area contributed by atoms with Crippen molar-refractivity contribution in [3.63, 3.8) is 0 Å². The van der Waals surface area contributed by atoms with Crippen LogP contribution in [0.25, 0.3) is 10.1 Å². The number of benzene rings is 1. The van der Waals surface area contributed by atoms with E-state index < -0.39 is 0 Å². The maximum absolute atomic E-state index is 5.68. The van der Waals surface area contributed by atoms with Gasteiger partial charge < -0.3 is 5.32 Å². The van der Waals surface area contributed by atoms with E-state index in [4.69, 9.17) is 11.6 Å². The van der Waals surface area contributed by atoms with Crippen molar-refractivity contribution in [2.45, 2.75) is 6.54 Å². The van der Waals surface area contributed by atoms with Gasteiger partial charge in [-0.1, -0.05) is 36.4 Å². The van der Waals surface area contributed by atoms with Gasteiger partial charge in [-0.05, 0) is 22.4 Å². The van der Waals surface area contributed by atoms with Gasteiger partial charge in [-0.3, -0.25) is 0 Å². The Kier molecular flexibility index (Phi) is 3.41. The Bertz CT molecular complexity index is 475. The number of hydrogen-bond acceptors (Lipinski definition) is 2. The van der Waals surface area contributed by atoms with Crippen molar-refractivity contribution in [2.24, 2.45) is 0 Å². The second kappa shape index (κ2) is 4.79. The molecule has 78 valence electrons. The SMILES string of the molecule is C=C(Cl)CNCc1csc2ccccc12. The molecule has 1 nitrogen and oxygen atoms in total. The van der Waals surface area contributed by atoms with E-state index in [-0.39, 0.29) is 0 Å². The Labute approximate surface area is 98.4 Å². The highest BCUT2D eigenvalue weighted by atomic mass is 35.5. The van der Waals surface area contributed by atoms with Crippen molar-refractivity contribution in [1.82, 2.24) is 5.32 Å². The largest absolute Gasteiger partial charge is 0.308 e. The summed E-state index contributed by atoms with van der Waals surface area (Å²) in [5.74, 6) is 0. The van der Waals surface area contributed by atoms with Gasteiger partial charge in [-0.25, -0.2) is 0 Å². The minimum absolute atomic E-state index is 0.648. The van der Waals surface area contributed by atoms with Gasteiger partial charge in [-0.15, -0.1) is 11.3 Å². The highest BCUT2D eigenvalue weighted by Gasteiger charge is 2.02. The average molecular weight is 238 g/mol. The smallest absolute Gasteiger partial charge is 0.0346 e. The van der Waals surface area contributed by atoms with E-state index in [0.717, 1.165) is 6.54 Å². The first-order valence-corrected chi connectivity index (χ1v) is 6.02. The predicted octanol–water partition coefficient (Wildman–Crippen LogP) is 3.74. The first kappa shape index (κ1) is 10.7. The third-order valence-electron chi connectivity index (χ3n) is 2.19. The monoisotopic (exact) mass is 237 g/mol. The Morgan fingerprint density at radius 2 is 2.20 bits per heavy atom. The Morgan fingerprint density at radius 3 is 3.00 bits per heavy atom. The molecular weight excluding hydrogens is 226 g/mol. The summed E-state index contributed by atoms with van der Waals surface area (Å²) in [5.41, 5.74) is 1.33. The summed E-state index contributed by atoms with van der Waals surface area (Å²) in [5, 5.41) is 7.42. The van der Waals surface area contributed by atoms with E-state index in [2.05, 4.69) is 41.5 Å². The minimum atomic E-state index is 0.648. The predicted molar refractivity (Wildman–Crippen MR) is 68.5 cm³/mol. The third-order valence-corrected chi connectivity index (χ3v) is 3.34. The molecule has 3 heteroatoms. The standard InChI is InChI=1S/C12H12ClNS/c1-9(13)6-14-7-10-8-15-12-5-3-2-4-11(10)12/h2-5,8,14H,1,6-7H2. The molecule has 0 fully saturated rings. The van der Waals surface area contributed by atoms with Crippen LogP contribution in [0.4, 0.5) is 0 Å². The van der Waals surface area contributed by atoms with Gasteiger partial charge in [0.1, 0.15) is 0 Å². The molecule has 0 aliphatic heterocycles. The number of rotatable bonds is 4. The van der Waals surface area contributed by atoms with Crippen LogP contribution in [0.5, 0.6) is 0 Å². The lowest BCUT2D eigenvalue weighted by atomic mass is 10.2. The van der Waals surface area contributed by atoms with Crippen LogP contribution in [-0.2, 0) is 6.54 Å². The van der Waals surface area contributed by atoms with Crippen molar-refractivity contribution in [3.8, 4) is 0 Å². The minimum Gasteiger partial charge on any atom is -0.308 e. The Balaban J connectivity index is 2.11. The second-order valence-electron chi connectivity index (χ2n) is 3.38. The van der Waals surface area contributed by atoms with Gasteiger partial charge in [0.2, 0.25) is 0 Å². The van der Waals surface area contributed by atoms with Gasteiger partial charge >= 0.3 is 0 Å². The van der Waals surface area contributed by atoms with E-state index in [1.54, 1.807) is 11.3 Å². The lowest BCUT2D eigenvalue weighted by Crippen LogP contribution is -2.14. The molecule has 0 bridgehead atoms. The zero-order valence-electron chi connectivity index (χ0n) is 8.29. The van der Waals surface area contributed by atoms with E-state index in [1.165, 1.54) is 15.6 Å². The molecule has 15 heavy (non-hydrogen) atoms. The van der Waals surface area contributed by atoms with Crippen molar-refractivity contribution in [2.75, 3.05) is 6.54 Å². The fourth-order valence-electron chi connectivity index (χ4n) is 1.50. The summed E-state index contributed by atoms with van der Waals surface area (Å²) >= 11 is 7.46. The van der Waals surface area contributed by atoms with E-state index in [0.29, 0.717) is 11.6 Å². The molecule has 0 aliphatic rings. The van der Waals surface area contributed by atoms with Crippen molar-refractivity contribution in [3.05, 3.63) is 46.8 Å². The van der Waals surface area contributed by atoms with E-state index >= 15 is 0 Å². The third kappa shape index (κ3) is 2.59. The molecule has 0 saturated carbocycles. The zero-order valence-corrected chi connectivity index (χ0v) is 9.87. The van der Waals surface area contributed by atoms with Gasteiger partial charge in [0.05, 0.1) is 0 Å². The number of fused-ring (bicyclic) bond motifs is 1. The summed E-state index contributed by atoms with van der Waals surface area (Å²) < 4.78 is 1.33. The quantitative estimate of drug-likeness (QED) is 0.854. The van der Waals surface area contributed by atoms with Gasteiger partial charge in [0, 0.05) is 22.8 Å². The van der Waals surface area contributed by atoms with Crippen molar-refractivity contribution >= 4 is 33.0 Å². The van der Waals surface area contributed by atoms with Gasteiger partial charge in [0.25, 0.3) is 0 Å². The molecule has 0 saturated heterocycles. The molecule has 0 atom stereocenters. The maximum atomic E-state index is 5.68. The molecule has 0 amide bonds. The maximum Gasteiger partial charge on any atom is 0.0346 e. The van der Waals surface area contributed by atoms with Crippen molar-refractivity contribution < 1.29 is 0 Å². The van der Waals surface area contributed by atoms with Crippen LogP contribution in [0.3, 0.4) is 0 Å². The Morgan fingerprint density at radius 1 is 1.40 bits per heavy atom. The summed E-state index contributed by atoms with van der Waals surface area (Å²) in [6.45, 7) is 5.14. The number of hydrogen-bond donors (Lipinski definition) is 1. The molecule has 0 radical (unpaired) electrons. The van der Waals surface area contributed by atoms with Crippen LogP contribution >= 0.6 is 22.9 Å². The van der Waals surface area contributed by atoms with Crippen LogP contribution in [0.2, 0.25) is 0 Å². The van der Waals surface area contributed by atoms with Crippen LogP contribution in [0.1, 0.15) is 5.56 Å². The van der Waals surface area contributed by atoms with Crippen LogP contribution in [0, 0.1) is 0 Å². The number of nitrogens with one attached hydrogen (secondary N) is 1. The Hall–Kier alpha value is -0.830. The zero-order chi connectivity index (χ0) is 10.7. The van der Waals surface area contributed by atoms with E-state index in [9.17, 15) is 0 Å². The van der Waals surface area contributed by atoms with Gasteiger partial charge in [-0.2, -0.15) is 0 Å². The fourth-order valence-corrected chi connectivity index (χ4v) is 2.56. The molecule has 0 aliphatic carbocycles. The first-order chi connectivity index (χ1) is 7.27. The normalized spacial score (nSPS) is 10.7. The van der Waals surface area contributed by atoms with Crippen molar-refractivity contribution in [1.29, 1.82) is 0 Å². The molecule has 2 aromatic rings. The topological polar surface area (TPSA) is 12.0 Å². The molecule has 1 heterocycles. The highest BCUT2D eigenvalue weighted by molar-refractivity contribution is 7.17. The van der Waals surface area contributed by atoms with Crippen LogP contribution < -0.4 is 5.32 Å². The van der Waals surface area contributed by atoms with E-state index in [1.807, 2.05) is 0 Å². The van der Waals surface area contributed by atoms with Crippen LogP contribution in [0.15, 0.2) is 41.3 Å². The molecular formula is C12H12ClNS. The summed E-state index contributed by atoms with van der Waals surface area (Å²) in [4.78, 5) is 0. The lowest BCUT2D eigenvalue weighted by molar-refractivity contribution is 0.761. The summed E-state index contributed by atoms with van der Waals surface area (Å²) in [6, 6.07) is 8.43. The molecule has 0 unspecified atom stereocenters. The molecule has 0 spiro atoms. The lowest BCUT2D eigenvalue weighted by Gasteiger charge is -2.01. The number of halogens is 1. The van der Waals surface area contributed by atoms with Gasteiger partial charge in [0.15, 0.2) is 0 Å². The number of thiophene rings is 1. The molecule has 1 aromatic carbocycles. The average Bonchev–Trinajstić information content (AvgIpc) is 2.62. The summed E-state index contributed by atoms with van der Waals surface area (Å²) in [6.07, 6.45) is 0. The highest BCUT2D eigenvalue weighted by Crippen LogP contribution is 2.25. The first-order valence-electron chi connectivity index (χ1n) is 4.76. The van der Waals surface area contributed by atoms with Crippen LogP contribution in [-0.4, -0.2) is 6.54 Å². The molecule has 1 aromatic heterocycles. The molecule has 1 N–H and O–H groups in total. The fraction of sp³-hybridized carbons (Fsp3) is 0.167.